The molecule has 3 atom stereocenters. The Morgan fingerprint density at radius 1 is 1.41 bits per heavy atom. The van der Waals surface area contributed by atoms with E-state index in [0.717, 1.165) is 24.4 Å². The molecule has 2 fully saturated rings. The first-order valence-electron chi connectivity index (χ1n) is 6.82. The van der Waals surface area contributed by atoms with Crippen LogP contribution >= 0.6 is 11.8 Å². The van der Waals surface area contributed by atoms with E-state index in [4.69, 9.17) is 4.74 Å². The number of nitrogens with zero attached hydrogens (tertiary/aromatic N) is 1. The molecule has 100 valence electrons. The van der Waals surface area contributed by atoms with Gasteiger partial charge in [-0.05, 0) is 19.8 Å². The van der Waals surface area contributed by atoms with Gasteiger partial charge in [-0.1, -0.05) is 6.92 Å². The van der Waals surface area contributed by atoms with Crippen LogP contribution in [0.1, 0.15) is 26.7 Å². The predicted octanol–water partition coefficient (Wildman–Crippen LogP) is 1.58. The summed E-state index contributed by atoms with van der Waals surface area (Å²) in [5.41, 5.74) is 0. The van der Waals surface area contributed by atoms with Crippen molar-refractivity contribution in [1.29, 1.82) is 0 Å². The zero-order valence-corrected chi connectivity index (χ0v) is 12.1. The molecule has 4 heteroatoms. The lowest BCUT2D eigenvalue weighted by Crippen LogP contribution is -2.55. The molecule has 0 spiro atoms. The Kier molecular flexibility index (Phi) is 5.15. The van der Waals surface area contributed by atoms with E-state index in [0.29, 0.717) is 12.1 Å². The van der Waals surface area contributed by atoms with Crippen molar-refractivity contribution < 1.29 is 4.74 Å². The quantitative estimate of drug-likeness (QED) is 0.782. The van der Waals surface area contributed by atoms with Gasteiger partial charge in [0.1, 0.15) is 0 Å². The van der Waals surface area contributed by atoms with E-state index in [1.165, 1.54) is 25.1 Å². The molecule has 17 heavy (non-hydrogen) atoms. The number of thioether (sulfide) groups is 1. The molecule has 1 N–H and O–H groups in total. The van der Waals surface area contributed by atoms with Crippen LogP contribution in [-0.4, -0.2) is 60.8 Å². The van der Waals surface area contributed by atoms with Gasteiger partial charge in [-0.2, -0.15) is 11.8 Å². The Hall–Kier alpha value is 0.230. The van der Waals surface area contributed by atoms with Crippen LogP contribution in [0.2, 0.25) is 0 Å². The van der Waals surface area contributed by atoms with Crippen LogP contribution in [0.3, 0.4) is 0 Å². The second kappa shape index (κ2) is 6.41. The fourth-order valence-corrected chi connectivity index (χ4v) is 3.65. The van der Waals surface area contributed by atoms with Crippen molar-refractivity contribution in [2.45, 2.75) is 50.1 Å². The van der Waals surface area contributed by atoms with Crippen molar-refractivity contribution in [2.75, 3.05) is 32.6 Å². The fourth-order valence-electron chi connectivity index (χ4n) is 2.53. The van der Waals surface area contributed by atoms with Gasteiger partial charge in [0.25, 0.3) is 0 Å². The number of ether oxygens (including phenoxy) is 1. The molecule has 0 radical (unpaired) electrons. The minimum atomic E-state index is 0.541. The molecule has 3 unspecified atom stereocenters. The van der Waals surface area contributed by atoms with Gasteiger partial charge < -0.3 is 10.1 Å². The molecule has 0 bridgehead atoms. The predicted molar refractivity (Wildman–Crippen MR) is 74.8 cm³/mol. The molecule has 0 aromatic heterocycles. The van der Waals surface area contributed by atoms with Gasteiger partial charge in [0, 0.05) is 49.3 Å². The Labute approximate surface area is 110 Å². The summed E-state index contributed by atoms with van der Waals surface area (Å²) in [6, 6.07) is 2.00. The maximum Gasteiger partial charge on any atom is 0.0630 e. The van der Waals surface area contributed by atoms with Gasteiger partial charge >= 0.3 is 0 Å². The maximum absolute atomic E-state index is 5.41. The van der Waals surface area contributed by atoms with E-state index in [2.05, 4.69) is 35.8 Å². The molecule has 2 rings (SSSR count). The Morgan fingerprint density at radius 2 is 2.18 bits per heavy atom. The van der Waals surface area contributed by atoms with Crippen LogP contribution in [-0.2, 0) is 4.74 Å². The van der Waals surface area contributed by atoms with Crippen LogP contribution in [0, 0.1) is 0 Å². The highest BCUT2D eigenvalue weighted by molar-refractivity contribution is 8.00. The molecule has 0 aromatic rings. The summed E-state index contributed by atoms with van der Waals surface area (Å²) in [5, 5.41) is 4.39. The van der Waals surface area contributed by atoms with Crippen molar-refractivity contribution in [3.8, 4) is 0 Å². The van der Waals surface area contributed by atoms with Gasteiger partial charge in [0.05, 0.1) is 6.61 Å². The lowest BCUT2D eigenvalue weighted by atomic mass is 10.1. The van der Waals surface area contributed by atoms with E-state index in [9.17, 15) is 0 Å². The van der Waals surface area contributed by atoms with Crippen LogP contribution < -0.4 is 5.32 Å². The number of nitrogens with one attached hydrogen (secondary N) is 1. The van der Waals surface area contributed by atoms with Gasteiger partial charge in [-0.15, -0.1) is 0 Å². The molecule has 2 aliphatic rings. The Bertz CT molecular complexity index is 235. The minimum absolute atomic E-state index is 0.541. The first-order valence-corrected chi connectivity index (χ1v) is 7.87. The largest absolute Gasteiger partial charge is 0.383 e. The molecule has 0 aromatic carbocycles. The van der Waals surface area contributed by atoms with E-state index < -0.39 is 0 Å². The third-order valence-electron chi connectivity index (χ3n) is 3.98. The fraction of sp³-hybridized carbons (Fsp3) is 1.00. The number of hydrogen-bond acceptors (Lipinski definition) is 4. The zero-order chi connectivity index (χ0) is 12.3. The van der Waals surface area contributed by atoms with Gasteiger partial charge in [-0.25, -0.2) is 0 Å². The highest BCUT2D eigenvalue weighted by atomic mass is 32.2. The second-order valence-corrected chi connectivity index (χ2v) is 6.83. The van der Waals surface area contributed by atoms with Crippen LogP contribution in [0.5, 0.6) is 0 Å². The Balaban J connectivity index is 1.87. The topological polar surface area (TPSA) is 24.5 Å². The third kappa shape index (κ3) is 3.85. The second-order valence-electron chi connectivity index (χ2n) is 5.35. The van der Waals surface area contributed by atoms with Crippen LogP contribution in [0.15, 0.2) is 0 Å². The van der Waals surface area contributed by atoms with Gasteiger partial charge in [0.2, 0.25) is 0 Å². The first kappa shape index (κ1) is 13.7. The average molecular weight is 258 g/mol. The molecule has 1 aliphatic heterocycles. The monoisotopic (exact) mass is 258 g/mol. The average Bonchev–Trinajstić information content (AvgIpc) is 3.12. The number of methoxy groups -OCH3 is 1. The van der Waals surface area contributed by atoms with E-state index in [1.807, 2.05) is 7.11 Å². The Morgan fingerprint density at radius 3 is 2.82 bits per heavy atom. The van der Waals surface area contributed by atoms with Crippen LogP contribution in [0.4, 0.5) is 0 Å². The summed E-state index contributed by atoms with van der Waals surface area (Å²) in [5.74, 6) is 1.26. The molecule has 1 saturated heterocycles. The van der Waals surface area contributed by atoms with Crippen molar-refractivity contribution in [1.82, 2.24) is 10.2 Å². The van der Waals surface area contributed by atoms with E-state index in [1.54, 1.807) is 0 Å². The third-order valence-corrected chi connectivity index (χ3v) is 5.32. The highest BCUT2D eigenvalue weighted by Gasteiger charge is 2.31. The SMILES string of the molecule is COCC(CNC1CC1)N1CCSC(C)C1C. The summed E-state index contributed by atoms with van der Waals surface area (Å²) in [6.45, 7) is 7.84. The summed E-state index contributed by atoms with van der Waals surface area (Å²) in [4.78, 5) is 2.64. The first-order chi connectivity index (χ1) is 8.22. The minimum Gasteiger partial charge on any atom is -0.383 e. The van der Waals surface area contributed by atoms with Crippen LogP contribution in [0.25, 0.3) is 0 Å². The molecule has 1 saturated carbocycles. The lowest BCUT2D eigenvalue weighted by Gasteiger charge is -2.42. The lowest BCUT2D eigenvalue weighted by molar-refractivity contribution is 0.0666. The highest BCUT2D eigenvalue weighted by Crippen LogP contribution is 2.26. The van der Waals surface area contributed by atoms with Crippen molar-refractivity contribution in [3.63, 3.8) is 0 Å². The van der Waals surface area contributed by atoms with E-state index >= 15 is 0 Å². The maximum atomic E-state index is 5.41. The van der Waals surface area contributed by atoms with Crippen molar-refractivity contribution in [3.05, 3.63) is 0 Å². The summed E-state index contributed by atoms with van der Waals surface area (Å²) < 4.78 is 5.41. The van der Waals surface area contributed by atoms with Gasteiger partial charge in [-0.3, -0.25) is 4.90 Å². The molecular formula is C13H26N2OS. The number of hydrogen-bond donors (Lipinski definition) is 1. The molecule has 3 nitrogen and oxygen atoms in total. The van der Waals surface area contributed by atoms with Gasteiger partial charge in [0.15, 0.2) is 0 Å². The number of rotatable bonds is 6. The normalized spacial score (nSPS) is 32.6. The molecule has 1 heterocycles. The zero-order valence-electron chi connectivity index (χ0n) is 11.3. The summed E-state index contributed by atoms with van der Waals surface area (Å²) in [6.07, 6.45) is 2.73. The standard InChI is InChI=1S/C13H26N2OS/c1-10-11(2)17-7-6-15(10)13(9-16-3)8-14-12-4-5-12/h10-14H,4-9H2,1-3H3. The van der Waals surface area contributed by atoms with E-state index in [-0.39, 0.29) is 0 Å². The smallest absolute Gasteiger partial charge is 0.0630 e. The molecule has 0 amide bonds. The molecular weight excluding hydrogens is 232 g/mol. The van der Waals surface area contributed by atoms with Crippen molar-refractivity contribution >= 4 is 11.8 Å². The summed E-state index contributed by atoms with van der Waals surface area (Å²) in [7, 11) is 1.82. The van der Waals surface area contributed by atoms with Crippen molar-refractivity contribution in [2.24, 2.45) is 0 Å². The molecule has 1 aliphatic carbocycles. The summed E-state index contributed by atoms with van der Waals surface area (Å²) >= 11 is 2.10.